The molecular formula is C25H21BrClN5O4S. The molecule has 0 saturated heterocycles. The van der Waals surface area contributed by atoms with Gasteiger partial charge in [0, 0.05) is 16.3 Å². The summed E-state index contributed by atoms with van der Waals surface area (Å²) in [6.45, 7) is 0. The first-order valence-electron chi connectivity index (χ1n) is 10.8. The minimum atomic E-state index is -0.331. The second-order valence-electron chi connectivity index (χ2n) is 7.48. The van der Waals surface area contributed by atoms with Gasteiger partial charge in [-0.15, -0.1) is 10.2 Å². The van der Waals surface area contributed by atoms with E-state index in [-0.39, 0.29) is 23.2 Å². The number of nitrogens with zero attached hydrogens (tertiary/aromatic N) is 4. The largest absolute Gasteiger partial charge is 0.503 e. The molecule has 1 aromatic heterocycles. The van der Waals surface area contributed by atoms with Crippen molar-refractivity contribution in [2.24, 2.45) is 5.10 Å². The van der Waals surface area contributed by atoms with Crippen molar-refractivity contribution in [3.63, 3.8) is 0 Å². The highest BCUT2D eigenvalue weighted by Crippen LogP contribution is 2.34. The number of aromatic hydroxyl groups is 1. The van der Waals surface area contributed by atoms with Crippen LogP contribution < -0.4 is 14.9 Å². The number of phenolic OH excluding ortho intramolecular Hbond substituents is 1. The fourth-order valence-corrected chi connectivity index (χ4v) is 4.61. The summed E-state index contributed by atoms with van der Waals surface area (Å²) >= 11 is 10.6. The van der Waals surface area contributed by atoms with Crippen LogP contribution in [-0.4, -0.2) is 52.0 Å². The lowest BCUT2D eigenvalue weighted by molar-refractivity contribution is -0.118. The highest BCUT2D eigenvalue weighted by molar-refractivity contribution is 9.10. The number of ether oxygens (including phenoxy) is 2. The molecule has 37 heavy (non-hydrogen) atoms. The smallest absolute Gasteiger partial charge is 0.250 e. The summed E-state index contributed by atoms with van der Waals surface area (Å²) in [7, 11) is 3.06. The number of hydrogen-bond donors (Lipinski definition) is 2. The van der Waals surface area contributed by atoms with Crippen LogP contribution in [-0.2, 0) is 4.79 Å². The number of carbonyl (C=O) groups excluding carboxylic acids is 1. The Kier molecular flexibility index (Phi) is 8.70. The number of benzene rings is 3. The standard InChI is InChI=1S/C25H21BrClN5O4S/c1-35-19-9-3-16(4-10-19)24-30-31-25(32(24)18-7-5-17(27)6-8-18)37-14-22(33)29-28-13-15-11-20(26)23(34)21(12-15)36-2/h3-13,34H,14H2,1-2H3,(H,29,33). The minimum absolute atomic E-state index is 0.0149. The molecule has 3 aromatic carbocycles. The third-order valence-electron chi connectivity index (χ3n) is 5.07. The van der Waals surface area contributed by atoms with Crippen molar-refractivity contribution in [1.29, 1.82) is 0 Å². The Labute approximate surface area is 230 Å². The van der Waals surface area contributed by atoms with E-state index in [9.17, 15) is 9.90 Å². The van der Waals surface area contributed by atoms with Crippen LogP contribution in [0.5, 0.6) is 17.2 Å². The van der Waals surface area contributed by atoms with Crippen LogP contribution in [0.2, 0.25) is 5.02 Å². The molecule has 0 aliphatic carbocycles. The van der Waals surface area contributed by atoms with Crippen molar-refractivity contribution in [3.05, 3.63) is 75.7 Å². The fourth-order valence-electron chi connectivity index (χ4n) is 3.28. The Bertz CT molecular complexity index is 1430. The van der Waals surface area contributed by atoms with Gasteiger partial charge in [-0.05, 0) is 82.2 Å². The van der Waals surface area contributed by atoms with Gasteiger partial charge in [0.15, 0.2) is 22.5 Å². The first-order valence-corrected chi connectivity index (χ1v) is 12.9. The first kappa shape index (κ1) is 26.5. The normalized spacial score (nSPS) is 11.0. The Hall–Kier alpha value is -3.54. The number of hydrazone groups is 1. The van der Waals surface area contributed by atoms with Crippen molar-refractivity contribution in [3.8, 4) is 34.3 Å². The SMILES string of the molecule is COc1ccc(-c2nnc(SCC(=O)NN=Cc3cc(Br)c(O)c(OC)c3)n2-c2ccc(Cl)cc2)cc1. The third-order valence-corrected chi connectivity index (χ3v) is 6.86. The average molecular weight is 603 g/mol. The van der Waals surface area contributed by atoms with E-state index in [2.05, 4.69) is 36.7 Å². The molecular weight excluding hydrogens is 582 g/mol. The zero-order chi connectivity index (χ0) is 26.4. The van der Waals surface area contributed by atoms with Gasteiger partial charge in [-0.1, -0.05) is 23.4 Å². The lowest BCUT2D eigenvalue weighted by Crippen LogP contribution is -2.20. The van der Waals surface area contributed by atoms with E-state index in [1.807, 2.05) is 41.0 Å². The van der Waals surface area contributed by atoms with E-state index < -0.39 is 0 Å². The molecule has 0 bridgehead atoms. The summed E-state index contributed by atoms with van der Waals surface area (Å²) in [4.78, 5) is 12.5. The second-order valence-corrected chi connectivity index (χ2v) is 9.72. The Morgan fingerprint density at radius 2 is 1.86 bits per heavy atom. The molecule has 0 spiro atoms. The van der Waals surface area contributed by atoms with E-state index in [4.69, 9.17) is 21.1 Å². The van der Waals surface area contributed by atoms with Crippen LogP contribution in [0.3, 0.4) is 0 Å². The number of rotatable bonds is 9. The van der Waals surface area contributed by atoms with Gasteiger partial charge in [0.25, 0.3) is 5.91 Å². The summed E-state index contributed by atoms with van der Waals surface area (Å²) in [6, 6.07) is 18.0. The van der Waals surface area contributed by atoms with E-state index in [1.54, 1.807) is 31.4 Å². The van der Waals surface area contributed by atoms with Crippen molar-refractivity contribution < 1.29 is 19.4 Å². The van der Waals surface area contributed by atoms with Crippen LogP contribution in [0, 0.1) is 0 Å². The van der Waals surface area contributed by atoms with Gasteiger partial charge in [-0.25, -0.2) is 5.43 Å². The summed E-state index contributed by atoms with van der Waals surface area (Å²) in [5.41, 5.74) is 4.75. The van der Waals surface area contributed by atoms with E-state index in [1.165, 1.54) is 25.1 Å². The van der Waals surface area contributed by atoms with Crippen LogP contribution in [0.15, 0.2) is 75.4 Å². The molecule has 0 unspecified atom stereocenters. The topological polar surface area (TPSA) is 111 Å². The summed E-state index contributed by atoms with van der Waals surface area (Å²) in [5.74, 6) is 1.33. The molecule has 2 N–H and O–H groups in total. The van der Waals surface area contributed by atoms with Gasteiger partial charge < -0.3 is 14.6 Å². The van der Waals surface area contributed by atoms with Crippen LogP contribution in [0.1, 0.15) is 5.56 Å². The number of amides is 1. The highest BCUT2D eigenvalue weighted by atomic mass is 79.9. The van der Waals surface area contributed by atoms with Gasteiger partial charge in [0.05, 0.1) is 30.7 Å². The van der Waals surface area contributed by atoms with E-state index >= 15 is 0 Å². The van der Waals surface area contributed by atoms with Gasteiger partial charge in [-0.3, -0.25) is 9.36 Å². The maximum absolute atomic E-state index is 12.5. The number of halogens is 2. The minimum Gasteiger partial charge on any atom is -0.503 e. The highest BCUT2D eigenvalue weighted by Gasteiger charge is 2.17. The number of hydrogen-bond acceptors (Lipinski definition) is 8. The molecule has 0 atom stereocenters. The fraction of sp³-hybridized carbons (Fsp3) is 0.120. The predicted molar refractivity (Wildman–Crippen MR) is 147 cm³/mol. The van der Waals surface area contributed by atoms with Crippen LogP contribution in [0.4, 0.5) is 0 Å². The molecule has 4 aromatic rings. The van der Waals surface area contributed by atoms with Crippen LogP contribution >= 0.6 is 39.3 Å². The van der Waals surface area contributed by atoms with Gasteiger partial charge >= 0.3 is 0 Å². The zero-order valence-electron chi connectivity index (χ0n) is 19.7. The number of carbonyl (C=O) groups is 1. The summed E-state index contributed by atoms with van der Waals surface area (Å²) in [6.07, 6.45) is 1.45. The molecule has 0 saturated carbocycles. The van der Waals surface area contributed by atoms with E-state index in [0.29, 0.717) is 26.0 Å². The Morgan fingerprint density at radius 1 is 1.14 bits per heavy atom. The van der Waals surface area contributed by atoms with Gasteiger partial charge in [-0.2, -0.15) is 5.10 Å². The number of thioether (sulfide) groups is 1. The average Bonchev–Trinajstić information content (AvgIpc) is 3.33. The van der Waals surface area contributed by atoms with Gasteiger partial charge in [0.2, 0.25) is 0 Å². The van der Waals surface area contributed by atoms with Gasteiger partial charge in [0.1, 0.15) is 5.75 Å². The monoisotopic (exact) mass is 601 g/mol. The molecule has 0 aliphatic heterocycles. The molecule has 9 nitrogen and oxygen atoms in total. The summed E-state index contributed by atoms with van der Waals surface area (Å²) in [5, 5.41) is 23.7. The molecule has 1 amide bonds. The van der Waals surface area contributed by atoms with Crippen molar-refractivity contribution in [2.75, 3.05) is 20.0 Å². The second kappa shape index (κ2) is 12.1. The third kappa shape index (κ3) is 6.43. The summed E-state index contributed by atoms with van der Waals surface area (Å²) < 4.78 is 12.7. The Morgan fingerprint density at radius 3 is 2.54 bits per heavy atom. The Balaban J connectivity index is 1.50. The number of methoxy groups -OCH3 is 2. The van der Waals surface area contributed by atoms with Crippen LogP contribution in [0.25, 0.3) is 17.1 Å². The van der Waals surface area contributed by atoms with Crippen molar-refractivity contribution in [2.45, 2.75) is 5.16 Å². The lowest BCUT2D eigenvalue weighted by Gasteiger charge is -2.11. The maximum atomic E-state index is 12.5. The van der Waals surface area contributed by atoms with E-state index in [0.717, 1.165) is 17.0 Å². The molecule has 12 heteroatoms. The number of aromatic nitrogens is 3. The molecule has 0 radical (unpaired) electrons. The molecule has 1 heterocycles. The first-order chi connectivity index (χ1) is 17.9. The molecule has 0 aliphatic rings. The molecule has 0 fully saturated rings. The van der Waals surface area contributed by atoms with Crippen molar-refractivity contribution in [1.82, 2.24) is 20.2 Å². The predicted octanol–water partition coefficient (Wildman–Crippen LogP) is 5.32. The lowest BCUT2D eigenvalue weighted by atomic mass is 10.2. The maximum Gasteiger partial charge on any atom is 0.250 e. The molecule has 190 valence electrons. The van der Waals surface area contributed by atoms with Crippen molar-refractivity contribution >= 4 is 51.4 Å². The quantitative estimate of drug-likeness (QED) is 0.152. The number of phenols is 1. The molecule has 4 rings (SSSR count). The zero-order valence-corrected chi connectivity index (χ0v) is 22.8. The number of nitrogens with one attached hydrogen (secondary N) is 1.